The number of amides is 2. The quantitative estimate of drug-likeness (QED) is 0.516. The van der Waals surface area contributed by atoms with E-state index in [1.165, 1.54) is 4.90 Å². The van der Waals surface area contributed by atoms with Crippen LogP contribution in [0.25, 0.3) is 0 Å². The lowest BCUT2D eigenvalue weighted by atomic mass is 9.90. The second kappa shape index (κ2) is 7.83. The number of fused-ring (bicyclic) bond motifs is 1. The molecule has 2 aliphatic rings. The molecule has 3 aromatic carbocycles. The van der Waals surface area contributed by atoms with Gasteiger partial charge in [0.2, 0.25) is 5.91 Å². The number of hydrogen-bond donors (Lipinski definition) is 0. The lowest BCUT2D eigenvalue weighted by molar-refractivity contribution is -0.126. The van der Waals surface area contributed by atoms with Crippen LogP contribution in [-0.2, 0) is 14.4 Å². The Bertz CT molecular complexity index is 1120. The number of hydrogen-bond acceptors (Lipinski definition) is 5. The van der Waals surface area contributed by atoms with E-state index in [0.29, 0.717) is 5.69 Å². The van der Waals surface area contributed by atoms with Crippen molar-refractivity contribution in [2.75, 3.05) is 17.1 Å². The first-order chi connectivity index (χ1) is 15.1. The molecule has 5 rings (SSSR count). The monoisotopic (exact) mass is 478 g/mol. The SMILES string of the molecule is COc1ccc(C2C3C(=O)N(c4ccc(Br)cc4)C(=O)C3ON2c2ccccc2)cc1. The molecule has 7 heteroatoms. The van der Waals surface area contributed by atoms with Gasteiger partial charge in [0.05, 0.1) is 24.5 Å². The lowest BCUT2D eigenvalue weighted by Crippen LogP contribution is -2.37. The highest BCUT2D eigenvalue weighted by Crippen LogP contribution is 2.47. The molecule has 3 aromatic rings. The van der Waals surface area contributed by atoms with Crippen LogP contribution in [0.1, 0.15) is 11.6 Å². The number of methoxy groups -OCH3 is 1. The molecule has 6 nitrogen and oxygen atoms in total. The van der Waals surface area contributed by atoms with Crippen LogP contribution in [0.3, 0.4) is 0 Å². The number of carbonyl (C=O) groups is 2. The smallest absolute Gasteiger partial charge is 0.266 e. The summed E-state index contributed by atoms with van der Waals surface area (Å²) in [5.74, 6) is -0.564. The average Bonchev–Trinajstić information content (AvgIpc) is 3.31. The van der Waals surface area contributed by atoms with Gasteiger partial charge >= 0.3 is 0 Å². The molecule has 0 aromatic heterocycles. The minimum atomic E-state index is -0.886. The van der Waals surface area contributed by atoms with Gasteiger partial charge in [0.15, 0.2) is 6.10 Å². The van der Waals surface area contributed by atoms with Gasteiger partial charge in [0, 0.05) is 4.47 Å². The first-order valence-corrected chi connectivity index (χ1v) is 10.7. The van der Waals surface area contributed by atoms with Gasteiger partial charge in [-0.3, -0.25) is 14.4 Å². The number of para-hydroxylation sites is 1. The number of halogens is 1. The molecule has 31 heavy (non-hydrogen) atoms. The predicted molar refractivity (Wildman–Crippen MR) is 120 cm³/mol. The van der Waals surface area contributed by atoms with Gasteiger partial charge in [-0.15, -0.1) is 0 Å². The second-order valence-electron chi connectivity index (χ2n) is 7.42. The van der Waals surface area contributed by atoms with Crippen LogP contribution in [0.2, 0.25) is 0 Å². The Labute approximate surface area is 188 Å². The Balaban J connectivity index is 1.57. The zero-order chi connectivity index (χ0) is 21.5. The normalized spacial score (nSPS) is 22.7. The number of nitrogens with zero attached hydrogens (tertiary/aromatic N) is 2. The Kier molecular flexibility index (Phi) is 5.00. The molecule has 0 bridgehead atoms. The van der Waals surface area contributed by atoms with E-state index in [1.807, 2.05) is 66.7 Å². The highest BCUT2D eigenvalue weighted by Gasteiger charge is 2.60. The highest BCUT2D eigenvalue weighted by molar-refractivity contribution is 9.10. The summed E-state index contributed by atoms with van der Waals surface area (Å²) >= 11 is 3.39. The van der Waals surface area contributed by atoms with Gasteiger partial charge in [-0.2, -0.15) is 0 Å². The average molecular weight is 479 g/mol. The van der Waals surface area contributed by atoms with Crippen LogP contribution >= 0.6 is 15.9 Å². The zero-order valence-electron chi connectivity index (χ0n) is 16.6. The summed E-state index contributed by atoms with van der Waals surface area (Å²) in [6.07, 6.45) is -0.886. The van der Waals surface area contributed by atoms with Crippen LogP contribution < -0.4 is 14.7 Å². The number of hydroxylamine groups is 1. The third-order valence-corrected chi connectivity index (χ3v) is 6.20. The molecular weight excluding hydrogens is 460 g/mol. The van der Waals surface area contributed by atoms with E-state index in [4.69, 9.17) is 9.57 Å². The molecule has 0 aliphatic carbocycles. The minimum Gasteiger partial charge on any atom is -0.497 e. The molecular formula is C24H19BrN2O4. The van der Waals surface area contributed by atoms with E-state index in [1.54, 1.807) is 24.3 Å². The van der Waals surface area contributed by atoms with Crippen LogP contribution in [0.15, 0.2) is 83.3 Å². The number of imide groups is 1. The van der Waals surface area contributed by atoms with E-state index < -0.39 is 18.1 Å². The van der Waals surface area contributed by atoms with E-state index in [2.05, 4.69) is 15.9 Å². The van der Waals surface area contributed by atoms with Crippen molar-refractivity contribution in [2.24, 2.45) is 5.92 Å². The number of ether oxygens (including phenoxy) is 1. The Morgan fingerprint density at radius 1 is 0.839 bits per heavy atom. The molecule has 156 valence electrons. The lowest BCUT2D eigenvalue weighted by Gasteiger charge is -2.28. The maximum atomic E-state index is 13.5. The first-order valence-electron chi connectivity index (χ1n) is 9.87. The summed E-state index contributed by atoms with van der Waals surface area (Å²) in [6, 6.07) is 23.7. The number of carbonyl (C=O) groups excluding carboxylic acids is 2. The van der Waals surface area contributed by atoms with E-state index in [9.17, 15) is 9.59 Å². The summed E-state index contributed by atoms with van der Waals surface area (Å²) in [5.41, 5.74) is 2.19. The van der Waals surface area contributed by atoms with Gasteiger partial charge in [-0.25, -0.2) is 9.96 Å². The molecule has 2 fully saturated rings. The fraction of sp³-hybridized carbons (Fsp3) is 0.167. The van der Waals surface area contributed by atoms with E-state index >= 15 is 0 Å². The maximum absolute atomic E-state index is 13.5. The van der Waals surface area contributed by atoms with Crippen molar-refractivity contribution in [1.29, 1.82) is 0 Å². The van der Waals surface area contributed by atoms with Gasteiger partial charge in [0.1, 0.15) is 11.7 Å². The molecule has 0 N–H and O–H groups in total. The van der Waals surface area contributed by atoms with Crippen LogP contribution in [0.4, 0.5) is 11.4 Å². The summed E-state index contributed by atoms with van der Waals surface area (Å²) in [6.45, 7) is 0. The predicted octanol–water partition coefficient (Wildman–Crippen LogP) is 4.51. The Morgan fingerprint density at radius 3 is 2.16 bits per heavy atom. The Morgan fingerprint density at radius 2 is 1.52 bits per heavy atom. The van der Waals surface area contributed by atoms with Crippen LogP contribution in [0, 0.1) is 5.92 Å². The standard InChI is InChI=1S/C24H19BrN2O4/c1-30-19-13-7-15(8-14-19)21-20-22(31-27(21)18-5-3-2-4-6-18)24(29)26(23(20)28)17-11-9-16(25)10-12-17/h2-14,20-22H,1H3. The van der Waals surface area contributed by atoms with E-state index in [-0.39, 0.29) is 11.8 Å². The Hall–Kier alpha value is -3.16. The largest absolute Gasteiger partial charge is 0.497 e. The molecule has 2 amide bonds. The van der Waals surface area contributed by atoms with Gasteiger partial charge in [0.25, 0.3) is 5.91 Å². The summed E-state index contributed by atoms with van der Waals surface area (Å²) in [4.78, 5) is 34.2. The fourth-order valence-corrected chi connectivity index (χ4v) is 4.46. The summed E-state index contributed by atoms with van der Waals surface area (Å²) in [5, 5.41) is 1.69. The third kappa shape index (κ3) is 3.30. The minimum absolute atomic E-state index is 0.267. The molecule has 3 unspecified atom stereocenters. The van der Waals surface area contributed by atoms with Gasteiger partial charge in [-0.05, 0) is 54.1 Å². The van der Waals surface area contributed by atoms with Crippen molar-refractivity contribution in [3.8, 4) is 5.75 Å². The summed E-state index contributed by atoms with van der Waals surface area (Å²) in [7, 11) is 1.61. The van der Waals surface area contributed by atoms with Crippen molar-refractivity contribution < 1.29 is 19.2 Å². The van der Waals surface area contributed by atoms with Crippen molar-refractivity contribution in [3.05, 3.63) is 88.9 Å². The van der Waals surface area contributed by atoms with Crippen LogP contribution in [-0.4, -0.2) is 25.0 Å². The molecule has 0 radical (unpaired) electrons. The van der Waals surface area contributed by atoms with Crippen LogP contribution in [0.5, 0.6) is 5.75 Å². The first kappa shape index (κ1) is 19.8. The maximum Gasteiger partial charge on any atom is 0.266 e. The molecule has 3 atom stereocenters. The van der Waals surface area contributed by atoms with Crippen molar-refractivity contribution in [3.63, 3.8) is 0 Å². The molecule has 2 saturated heterocycles. The number of rotatable bonds is 4. The fourth-order valence-electron chi connectivity index (χ4n) is 4.20. The number of anilines is 2. The van der Waals surface area contributed by atoms with Crippen molar-refractivity contribution in [2.45, 2.75) is 12.1 Å². The highest BCUT2D eigenvalue weighted by atomic mass is 79.9. The topological polar surface area (TPSA) is 59.1 Å². The van der Waals surface area contributed by atoms with E-state index in [0.717, 1.165) is 21.5 Å². The molecule has 0 spiro atoms. The second-order valence-corrected chi connectivity index (χ2v) is 8.34. The molecule has 2 aliphatic heterocycles. The zero-order valence-corrected chi connectivity index (χ0v) is 18.2. The summed E-state index contributed by atoms with van der Waals surface area (Å²) < 4.78 is 6.15. The van der Waals surface area contributed by atoms with Crippen molar-refractivity contribution >= 4 is 39.1 Å². The third-order valence-electron chi connectivity index (χ3n) is 5.67. The number of benzene rings is 3. The van der Waals surface area contributed by atoms with Gasteiger partial charge < -0.3 is 4.74 Å². The van der Waals surface area contributed by atoms with Gasteiger partial charge in [-0.1, -0.05) is 46.3 Å². The molecule has 0 saturated carbocycles. The van der Waals surface area contributed by atoms with Crippen molar-refractivity contribution in [1.82, 2.24) is 0 Å². The molecule has 2 heterocycles.